The van der Waals surface area contributed by atoms with Crippen molar-refractivity contribution in [2.75, 3.05) is 0 Å². The Morgan fingerprint density at radius 3 is 2.68 bits per heavy atom. The molecule has 0 aliphatic rings. The van der Waals surface area contributed by atoms with Crippen molar-refractivity contribution in [3.63, 3.8) is 0 Å². The highest BCUT2D eigenvalue weighted by molar-refractivity contribution is 5.91. The van der Waals surface area contributed by atoms with E-state index in [0.29, 0.717) is 11.1 Å². The van der Waals surface area contributed by atoms with Crippen molar-refractivity contribution >= 4 is 16.9 Å². The largest absolute Gasteiger partial charge is 0.483 e. The van der Waals surface area contributed by atoms with Crippen molar-refractivity contribution in [2.45, 2.75) is 18.9 Å². The number of halogens is 2. The summed E-state index contributed by atoms with van der Waals surface area (Å²) in [5.74, 6) is -4.03. The van der Waals surface area contributed by atoms with Crippen LogP contribution in [0.2, 0.25) is 0 Å². The third kappa shape index (κ3) is 3.33. The van der Waals surface area contributed by atoms with Crippen molar-refractivity contribution in [2.24, 2.45) is 0 Å². The van der Waals surface area contributed by atoms with Crippen molar-refractivity contribution in [1.82, 2.24) is 4.98 Å². The van der Waals surface area contributed by atoms with Gasteiger partial charge in [0.1, 0.15) is 11.3 Å². The second-order valence-corrected chi connectivity index (χ2v) is 5.32. The zero-order chi connectivity index (χ0) is 18.0. The molecule has 0 radical (unpaired) electrons. The number of rotatable bonds is 5. The van der Waals surface area contributed by atoms with Gasteiger partial charge in [0, 0.05) is 6.07 Å². The van der Waals surface area contributed by atoms with Gasteiger partial charge in [-0.1, -0.05) is 12.1 Å². The summed E-state index contributed by atoms with van der Waals surface area (Å²) in [6.07, 6.45) is -1.08. The number of benzene rings is 2. The standard InChI is InChI=1S/C18H12F2N2O3/c1-10(24-11-6-7-13(19)14(20)8-11)17(23)12(9-21)18-22-15-4-2-3-5-16(15)25-18/h2-8,10,12H,1H3/t10-,12-/m0/s1. The van der Waals surface area contributed by atoms with Gasteiger partial charge in [0.05, 0.1) is 6.07 Å². The first kappa shape index (κ1) is 16.6. The fraction of sp³-hybridized carbons (Fsp3) is 0.167. The Balaban J connectivity index is 1.81. The van der Waals surface area contributed by atoms with Crippen LogP contribution < -0.4 is 4.74 Å². The van der Waals surface area contributed by atoms with E-state index in [9.17, 15) is 18.8 Å². The number of hydrogen-bond donors (Lipinski definition) is 0. The lowest BCUT2D eigenvalue weighted by Crippen LogP contribution is -2.29. The molecule has 0 amide bonds. The zero-order valence-electron chi connectivity index (χ0n) is 13.1. The molecule has 126 valence electrons. The minimum Gasteiger partial charge on any atom is -0.483 e. The van der Waals surface area contributed by atoms with E-state index in [4.69, 9.17) is 9.15 Å². The van der Waals surface area contributed by atoms with Gasteiger partial charge >= 0.3 is 0 Å². The zero-order valence-corrected chi connectivity index (χ0v) is 13.1. The van der Waals surface area contributed by atoms with E-state index in [-0.39, 0.29) is 11.6 Å². The summed E-state index contributed by atoms with van der Waals surface area (Å²) >= 11 is 0. The minimum absolute atomic E-state index is 0.0194. The highest BCUT2D eigenvalue weighted by Crippen LogP contribution is 2.24. The normalized spacial score (nSPS) is 13.2. The molecule has 0 aliphatic heterocycles. The molecule has 1 heterocycles. The van der Waals surface area contributed by atoms with Gasteiger partial charge in [-0.3, -0.25) is 4.79 Å². The van der Waals surface area contributed by atoms with Gasteiger partial charge in [0.2, 0.25) is 5.89 Å². The van der Waals surface area contributed by atoms with Crippen LogP contribution in [0.3, 0.4) is 0 Å². The van der Waals surface area contributed by atoms with E-state index >= 15 is 0 Å². The number of aromatic nitrogens is 1. The molecular formula is C18H12F2N2O3. The maximum Gasteiger partial charge on any atom is 0.220 e. The second-order valence-electron chi connectivity index (χ2n) is 5.32. The van der Waals surface area contributed by atoms with Crippen molar-refractivity contribution in [1.29, 1.82) is 5.26 Å². The van der Waals surface area contributed by atoms with Crippen LogP contribution in [0.4, 0.5) is 8.78 Å². The number of nitriles is 1. The summed E-state index contributed by atoms with van der Waals surface area (Å²) in [6, 6.07) is 11.6. The average Bonchev–Trinajstić information content (AvgIpc) is 3.02. The van der Waals surface area contributed by atoms with E-state index in [0.717, 1.165) is 12.1 Å². The summed E-state index contributed by atoms with van der Waals surface area (Å²) < 4.78 is 36.9. The van der Waals surface area contributed by atoms with Crippen LogP contribution >= 0.6 is 0 Å². The summed E-state index contributed by atoms with van der Waals surface area (Å²) in [6.45, 7) is 1.41. The van der Waals surface area contributed by atoms with Crippen LogP contribution in [0, 0.1) is 23.0 Å². The van der Waals surface area contributed by atoms with Crippen molar-refractivity contribution in [3.05, 3.63) is 60.0 Å². The molecule has 0 bridgehead atoms. The number of carbonyl (C=O) groups excluding carboxylic acids is 1. The number of nitrogens with zero attached hydrogens (tertiary/aromatic N) is 2. The molecule has 0 unspecified atom stereocenters. The SMILES string of the molecule is C[C@H](Oc1ccc(F)c(F)c1)C(=O)[C@H](C#N)c1nc2ccccc2o1. The molecule has 7 heteroatoms. The average molecular weight is 342 g/mol. The van der Waals surface area contributed by atoms with Crippen LogP contribution in [0.15, 0.2) is 46.9 Å². The number of ether oxygens (including phenoxy) is 1. The minimum atomic E-state index is -1.27. The molecule has 0 saturated carbocycles. The van der Waals surface area contributed by atoms with E-state index in [1.54, 1.807) is 24.3 Å². The van der Waals surface area contributed by atoms with Crippen LogP contribution in [-0.4, -0.2) is 16.9 Å². The molecular weight excluding hydrogens is 330 g/mol. The second kappa shape index (κ2) is 6.69. The Hall–Kier alpha value is -3.27. The summed E-state index contributed by atoms with van der Waals surface area (Å²) in [5.41, 5.74) is 0.986. The Morgan fingerprint density at radius 1 is 1.24 bits per heavy atom. The predicted octanol–water partition coefficient (Wildman–Crippen LogP) is 3.75. The van der Waals surface area contributed by atoms with E-state index in [1.165, 1.54) is 13.0 Å². The topological polar surface area (TPSA) is 76.1 Å². The monoisotopic (exact) mass is 342 g/mol. The molecule has 1 aromatic heterocycles. The highest BCUT2D eigenvalue weighted by Gasteiger charge is 2.31. The number of oxazole rings is 1. The molecule has 3 rings (SSSR count). The first-order valence-electron chi connectivity index (χ1n) is 7.40. The van der Waals surface area contributed by atoms with E-state index < -0.39 is 29.4 Å². The number of carbonyl (C=O) groups is 1. The van der Waals surface area contributed by atoms with Gasteiger partial charge in [0.15, 0.2) is 35.0 Å². The number of fused-ring (bicyclic) bond motifs is 1. The fourth-order valence-electron chi connectivity index (χ4n) is 2.30. The third-order valence-electron chi connectivity index (χ3n) is 3.58. The molecule has 3 aromatic rings. The van der Waals surface area contributed by atoms with Crippen LogP contribution in [0.1, 0.15) is 18.7 Å². The van der Waals surface area contributed by atoms with Gasteiger partial charge < -0.3 is 9.15 Å². The summed E-state index contributed by atoms with van der Waals surface area (Å²) in [7, 11) is 0. The lowest BCUT2D eigenvalue weighted by Gasteiger charge is -2.15. The molecule has 0 saturated heterocycles. The summed E-state index contributed by atoms with van der Waals surface area (Å²) in [5, 5.41) is 9.33. The number of hydrogen-bond acceptors (Lipinski definition) is 5. The van der Waals surface area contributed by atoms with Crippen LogP contribution in [0.25, 0.3) is 11.1 Å². The summed E-state index contributed by atoms with van der Waals surface area (Å²) in [4.78, 5) is 16.6. The molecule has 2 atom stereocenters. The van der Waals surface area contributed by atoms with Crippen LogP contribution in [-0.2, 0) is 4.79 Å². The fourth-order valence-corrected chi connectivity index (χ4v) is 2.30. The maximum absolute atomic E-state index is 13.2. The lowest BCUT2D eigenvalue weighted by molar-refractivity contribution is -0.125. The number of ketones is 1. The molecule has 5 nitrogen and oxygen atoms in total. The smallest absolute Gasteiger partial charge is 0.220 e. The highest BCUT2D eigenvalue weighted by atomic mass is 19.2. The third-order valence-corrected chi connectivity index (χ3v) is 3.58. The van der Waals surface area contributed by atoms with Gasteiger partial charge in [0.25, 0.3) is 0 Å². The first-order valence-corrected chi connectivity index (χ1v) is 7.40. The van der Waals surface area contributed by atoms with Gasteiger partial charge in [-0.15, -0.1) is 0 Å². The predicted molar refractivity (Wildman–Crippen MR) is 83.8 cm³/mol. The number of para-hydroxylation sites is 2. The Kier molecular flexibility index (Phi) is 4.44. The maximum atomic E-state index is 13.2. The van der Waals surface area contributed by atoms with Crippen LogP contribution in [0.5, 0.6) is 5.75 Å². The van der Waals surface area contributed by atoms with E-state index in [2.05, 4.69) is 4.98 Å². The molecule has 0 fully saturated rings. The molecule has 0 aliphatic carbocycles. The quantitative estimate of drug-likeness (QED) is 0.706. The van der Waals surface area contributed by atoms with Crippen molar-refractivity contribution < 1.29 is 22.7 Å². The molecule has 25 heavy (non-hydrogen) atoms. The van der Waals surface area contributed by atoms with Crippen molar-refractivity contribution in [3.8, 4) is 11.8 Å². The lowest BCUT2D eigenvalue weighted by atomic mass is 10.0. The molecule has 0 spiro atoms. The Bertz CT molecular complexity index is 945. The molecule has 2 aromatic carbocycles. The Labute approximate surface area is 141 Å². The van der Waals surface area contributed by atoms with Gasteiger partial charge in [-0.2, -0.15) is 5.26 Å². The van der Waals surface area contributed by atoms with Gasteiger partial charge in [-0.05, 0) is 31.2 Å². The van der Waals surface area contributed by atoms with Gasteiger partial charge in [-0.25, -0.2) is 13.8 Å². The molecule has 0 N–H and O–H groups in total. The Morgan fingerprint density at radius 2 is 2.00 bits per heavy atom. The first-order chi connectivity index (χ1) is 12.0. The number of Topliss-reactive ketones (excluding diaryl/α,β-unsaturated/α-hetero) is 1. The van der Waals surface area contributed by atoms with E-state index in [1.807, 2.05) is 6.07 Å².